The third-order valence-electron chi connectivity index (χ3n) is 3.61. The number of hydrogen-bond acceptors (Lipinski definition) is 1. The maximum atomic E-state index is 12.1. The van der Waals surface area contributed by atoms with Crippen LogP contribution in [0.15, 0.2) is 18.2 Å². The van der Waals surface area contributed by atoms with Gasteiger partial charge in [-0.3, -0.25) is 4.79 Å². The quantitative estimate of drug-likeness (QED) is 0.767. The Kier molecular flexibility index (Phi) is 4.90. The van der Waals surface area contributed by atoms with Gasteiger partial charge in [0, 0.05) is 15.2 Å². The molecule has 2 nitrogen and oxygen atoms in total. The number of carbonyl (C=O) groups excluding carboxylic acids is 1. The fourth-order valence-electron chi connectivity index (χ4n) is 2.42. The van der Waals surface area contributed by atoms with Gasteiger partial charge in [0.15, 0.2) is 0 Å². The molecule has 1 N–H and O–H groups in total. The minimum absolute atomic E-state index is 0.00736. The van der Waals surface area contributed by atoms with Crippen LogP contribution in [0.4, 0.5) is 0 Å². The summed E-state index contributed by atoms with van der Waals surface area (Å²) in [5.41, 5.74) is 0.651. The van der Waals surface area contributed by atoms with Crippen molar-refractivity contribution in [1.82, 2.24) is 5.32 Å². The van der Waals surface area contributed by atoms with Gasteiger partial charge in [-0.25, -0.2) is 0 Å². The summed E-state index contributed by atoms with van der Waals surface area (Å²) in [7, 11) is 0. The minimum atomic E-state index is -0.00736. The smallest absolute Gasteiger partial charge is 0.251 e. The predicted octanol–water partition coefficient (Wildman–Crippen LogP) is 4.25. The Morgan fingerprint density at radius 3 is 2.78 bits per heavy atom. The number of hydrogen-bond donors (Lipinski definition) is 1. The van der Waals surface area contributed by atoms with Crippen LogP contribution >= 0.6 is 34.2 Å². The molecule has 0 aromatic heterocycles. The van der Waals surface area contributed by atoms with Crippen molar-refractivity contribution in [3.63, 3.8) is 0 Å². The monoisotopic (exact) mass is 377 g/mol. The molecular weight excluding hydrogens is 361 g/mol. The van der Waals surface area contributed by atoms with E-state index in [-0.39, 0.29) is 5.91 Å². The summed E-state index contributed by atoms with van der Waals surface area (Å²) in [5, 5.41) is 3.77. The average Bonchev–Trinajstić information content (AvgIpc) is 2.35. The lowest BCUT2D eigenvalue weighted by atomic mass is 9.86. The molecule has 1 aromatic carbocycles. The Morgan fingerprint density at radius 2 is 2.11 bits per heavy atom. The molecule has 1 aliphatic carbocycles. The highest BCUT2D eigenvalue weighted by molar-refractivity contribution is 14.1. The van der Waals surface area contributed by atoms with Crippen LogP contribution < -0.4 is 5.32 Å². The third-order valence-corrected chi connectivity index (χ3v) is 5.18. The van der Waals surface area contributed by atoms with Crippen molar-refractivity contribution in [2.24, 2.45) is 5.92 Å². The Hall–Kier alpha value is -0.290. The highest BCUT2D eigenvalue weighted by atomic mass is 127. The van der Waals surface area contributed by atoms with Crippen molar-refractivity contribution < 1.29 is 4.79 Å². The van der Waals surface area contributed by atoms with Gasteiger partial charge < -0.3 is 5.32 Å². The number of amides is 1. The molecule has 0 bridgehead atoms. The fraction of sp³-hybridized carbons (Fsp3) is 0.500. The predicted molar refractivity (Wildman–Crippen MR) is 83.1 cm³/mol. The van der Waals surface area contributed by atoms with Crippen molar-refractivity contribution in [3.05, 3.63) is 32.4 Å². The summed E-state index contributed by atoms with van der Waals surface area (Å²) in [5.74, 6) is 0.564. The zero-order valence-corrected chi connectivity index (χ0v) is 13.3. The van der Waals surface area contributed by atoms with E-state index in [1.54, 1.807) is 6.07 Å². The lowest BCUT2D eigenvalue weighted by molar-refractivity contribution is 0.0910. The summed E-state index contributed by atoms with van der Waals surface area (Å²) in [6.07, 6.45) is 4.79. The molecular formula is C14H17ClINO. The SMILES string of the molecule is CC1CCCCC1NC(=O)c1ccc(I)c(Cl)c1. The molecule has 1 fully saturated rings. The summed E-state index contributed by atoms with van der Waals surface area (Å²) in [6, 6.07) is 5.76. The lowest BCUT2D eigenvalue weighted by Gasteiger charge is -2.29. The van der Waals surface area contributed by atoms with Gasteiger partial charge in [0.2, 0.25) is 0 Å². The number of rotatable bonds is 2. The second-order valence-electron chi connectivity index (χ2n) is 4.97. The van der Waals surface area contributed by atoms with Crippen LogP contribution in [0.25, 0.3) is 0 Å². The molecule has 18 heavy (non-hydrogen) atoms. The van der Waals surface area contributed by atoms with Gasteiger partial charge in [-0.05, 0) is 59.5 Å². The standard InChI is InChI=1S/C14H17ClINO/c1-9-4-2-3-5-13(9)17-14(18)10-6-7-12(16)11(15)8-10/h6-9,13H,2-5H2,1H3,(H,17,18). The number of carbonyl (C=O) groups is 1. The first kappa shape index (κ1) is 14.1. The molecule has 2 unspecified atom stereocenters. The zero-order chi connectivity index (χ0) is 13.1. The molecule has 98 valence electrons. The van der Waals surface area contributed by atoms with E-state index >= 15 is 0 Å². The van der Waals surface area contributed by atoms with Gasteiger partial charge in [0.05, 0.1) is 5.02 Å². The average molecular weight is 378 g/mol. The van der Waals surface area contributed by atoms with Crippen LogP contribution in [0, 0.1) is 9.49 Å². The van der Waals surface area contributed by atoms with Gasteiger partial charge in [0.1, 0.15) is 0 Å². The minimum Gasteiger partial charge on any atom is -0.349 e. The van der Waals surface area contributed by atoms with Gasteiger partial charge in [0.25, 0.3) is 5.91 Å². The molecule has 2 atom stereocenters. The molecule has 1 saturated carbocycles. The van der Waals surface area contributed by atoms with Crippen LogP contribution in [-0.4, -0.2) is 11.9 Å². The highest BCUT2D eigenvalue weighted by Crippen LogP contribution is 2.24. The van der Waals surface area contributed by atoms with Crippen molar-refractivity contribution >= 4 is 40.1 Å². The Bertz CT molecular complexity index is 449. The van der Waals surface area contributed by atoms with E-state index in [9.17, 15) is 4.79 Å². The largest absolute Gasteiger partial charge is 0.349 e. The molecule has 0 heterocycles. The first-order valence-corrected chi connectivity index (χ1v) is 7.79. The molecule has 4 heteroatoms. The zero-order valence-electron chi connectivity index (χ0n) is 10.4. The second-order valence-corrected chi connectivity index (χ2v) is 6.54. The number of nitrogens with one attached hydrogen (secondary N) is 1. The topological polar surface area (TPSA) is 29.1 Å². The molecule has 1 amide bonds. The summed E-state index contributed by atoms with van der Waals surface area (Å²) >= 11 is 8.20. The first-order valence-electron chi connectivity index (χ1n) is 6.34. The van der Waals surface area contributed by atoms with E-state index < -0.39 is 0 Å². The summed E-state index contributed by atoms with van der Waals surface area (Å²) in [4.78, 5) is 12.1. The lowest BCUT2D eigenvalue weighted by Crippen LogP contribution is -2.41. The van der Waals surface area contributed by atoms with Crippen LogP contribution in [0.3, 0.4) is 0 Å². The Labute approximate surface area is 127 Å². The van der Waals surface area contributed by atoms with Crippen molar-refractivity contribution in [2.45, 2.75) is 38.6 Å². The van der Waals surface area contributed by atoms with Crippen LogP contribution in [0.1, 0.15) is 43.0 Å². The van der Waals surface area contributed by atoms with E-state index in [0.29, 0.717) is 22.5 Å². The van der Waals surface area contributed by atoms with Crippen LogP contribution in [-0.2, 0) is 0 Å². The van der Waals surface area contributed by atoms with E-state index in [1.807, 2.05) is 12.1 Å². The second kappa shape index (κ2) is 6.24. The van der Waals surface area contributed by atoms with E-state index in [2.05, 4.69) is 34.8 Å². The van der Waals surface area contributed by atoms with Crippen molar-refractivity contribution in [2.75, 3.05) is 0 Å². The van der Waals surface area contributed by atoms with Gasteiger partial charge in [-0.1, -0.05) is 31.4 Å². The normalized spacial score (nSPS) is 23.7. The summed E-state index contributed by atoms with van der Waals surface area (Å²) < 4.78 is 0.969. The Morgan fingerprint density at radius 1 is 1.39 bits per heavy atom. The molecule has 1 aliphatic rings. The molecule has 1 aromatic rings. The van der Waals surface area contributed by atoms with Crippen molar-refractivity contribution in [3.8, 4) is 0 Å². The highest BCUT2D eigenvalue weighted by Gasteiger charge is 2.23. The molecule has 2 rings (SSSR count). The maximum Gasteiger partial charge on any atom is 0.251 e. The number of benzene rings is 1. The molecule has 0 radical (unpaired) electrons. The summed E-state index contributed by atoms with van der Waals surface area (Å²) in [6.45, 7) is 2.21. The van der Waals surface area contributed by atoms with Crippen LogP contribution in [0.5, 0.6) is 0 Å². The van der Waals surface area contributed by atoms with Gasteiger partial charge in [-0.15, -0.1) is 0 Å². The third kappa shape index (κ3) is 3.38. The molecule has 0 saturated heterocycles. The number of halogens is 2. The van der Waals surface area contributed by atoms with Gasteiger partial charge in [-0.2, -0.15) is 0 Å². The van der Waals surface area contributed by atoms with E-state index in [4.69, 9.17) is 11.6 Å². The van der Waals surface area contributed by atoms with E-state index in [0.717, 1.165) is 9.99 Å². The van der Waals surface area contributed by atoms with E-state index in [1.165, 1.54) is 19.3 Å². The van der Waals surface area contributed by atoms with Crippen molar-refractivity contribution in [1.29, 1.82) is 0 Å². The Balaban J connectivity index is 2.04. The van der Waals surface area contributed by atoms with Crippen LogP contribution in [0.2, 0.25) is 5.02 Å². The molecule has 0 spiro atoms. The van der Waals surface area contributed by atoms with Gasteiger partial charge >= 0.3 is 0 Å². The maximum absolute atomic E-state index is 12.1. The fourth-order valence-corrected chi connectivity index (χ4v) is 2.94. The molecule has 0 aliphatic heterocycles. The first-order chi connectivity index (χ1) is 8.58.